The maximum absolute atomic E-state index is 4.30. The van der Waals surface area contributed by atoms with Gasteiger partial charge in [0.25, 0.3) is 0 Å². The number of aromatic nitrogens is 3. The molecular weight excluding hydrogens is 212 g/mol. The van der Waals surface area contributed by atoms with Gasteiger partial charge in [-0.2, -0.15) is 0 Å². The lowest BCUT2D eigenvalue weighted by atomic mass is 9.98. The Morgan fingerprint density at radius 1 is 1.18 bits per heavy atom. The minimum absolute atomic E-state index is 0.192. The van der Waals surface area contributed by atoms with E-state index in [0.717, 1.165) is 17.3 Å². The minimum Gasteiger partial charge on any atom is -0.371 e. The van der Waals surface area contributed by atoms with Crippen LogP contribution in [0.5, 0.6) is 0 Å². The van der Waals surface area contributed by atoms with Gasteiger partial charge in [0, 0.05) is 0 Å². The van der Waals surface area contributed by atoms with Crippen LogP contribution in [0, 0.1) is 13.8 Å². The topological polar surface area (TPSA) is 42.7 Å². The molecule has 0 radical (unpaired) electrons. The summed E-state index contributed by atoms with van der Waals surface area (Å²) in [6.07, 6.45) is 0. The van der Waals surface area contributed by atoms with Gasteiger partial charge in [-0.25, -0.2) is 0 Å². The van der Waals surface area contributed by atoms with Gasteiger partial charge in [-0.1, -0.05) is 12.1 Å². The summed E-state index contributed by atoms with van der Waals surface area (Å²) in [7, 11) is 0. The van der Waals surface area contributed by atoms with Crippen molar-refractivity contribution in [3.63, 3.8) is 0 Å². The Balaban J connectivity index is 2.39. The molecule has 0 saturated heterocycles. The summed E-state index contributed by atoms with van der Waals surface area (Å²) in [6.45, 7) is 8.35. The van der Waals surface area contributed by atoms with Crippen molar-refractivity contribution in [2.24, 2.45) is 0 Å². The molecule has 4 heteroatoms. The molecule has 1 aromatic heterocycles. The van der Waals surface area contributed by atoms with Crippen LogP contribution < -0.4 is 5.32 Å². The number of fused-ring (bicyclic) bond motifs is 3. The predicted octanol–water partition coefficient (Wildman–Crippen LogP) is 2.54. The van der Waals surface area contributed by atoms with Gasteiger partial charge in [0.15, 0.2) is 5.82 Å². The molecule has 4 nitrogen and oxygen atoms in total. The van der Waals surface area contributed by atoms with Gasteiger partial charge in [-0.3, -0.25) is 4.57 Å². The number of nitrogens with zero attached hydrogens (tertiary/aromatic N) is 3. The van der Waals surface area contributed by atoms with Gasteiger partial charge < -0.3 is 5.32 Å². The molecule has 1 N–H and O–H groups in total. The third-order valence-corrected chi connectivity index (χ3v) is 3.29. The highest BCUT2D eigenvalue weighted by Gasteiger charge is 2.34. The van der Waals surface area contributed by atoms with Crippen molar-refractivity contribution in [3.8, 4) is 5.69 Å². The summed E-state index contributed by atoms with van der Waals surface area (Å²) in [5.74, 6) is 1.90. The number of hydrogen-bond donors (Lipinski definition) is 1. The van der Waals surface area contributed by atoms with Crippen LogP contribution in [0.15, 0.2) is 18.2 Å². The highest BCUT2D eigenvalue weighted by atomic mass is 15.3. The van der Waals surface area contributed by atoms with Crippen molar-refractivity contribution < 1.29 is 0 Å². The minimum atomic E-state index is -0.192. The normalized spacial score (nSPS) is 16.0. The van der Waals surface area contributed by atoms with E-state index in [2.05, 4.69) is 59.1 Å². The molecule has 0 fully saturated rings. The van der Waals surface area contributed by atoms with Crippen molar-refractivity contribution in [1.29, 1.82) is 0 Å². The Kier molecular flexibility index (Phi) is 1.88. The zero-order valence-corrected chi connectivity index (χ0v) is 10.6. The molecule has 2 aromatic rings. The molecule has 17 heavy (non-hydrogen) atoms. The monoisotopic (exact) mass is 228 g/mol. The molecule has 3 rings (SSSR count). The summed E-state index contributed by atoms with van der Waals surface area (Å²) < 4.78 is 2.15. The van der Waals surface area contributed by atoms with Crippen LogP contribution in [0.4, 0.5) is 5.69 Å². The van der Waals surface area contributed by atoms with E-state index in [1.54, 1.807) is 0 Å². The summed E-state index contributed by atoms with van der Waals surface area (Å²) in [5.41, 5.74) is 3.35. The van der Waals surface area contributed by atoms with Gasteiger partial charge in [0.2, 0.25) is 0 Å². The zero-order valence-electron chi connectivity index (χ0n) is 10.6. The van der Waals surface area contributed by atoms with E-state index in [9.17, 15) is 0 Å². The predicted molar refractivity (Wildman–Crippen MR) is 67.5 cm³/mol. The quantitative estimate of drug-likeness (QED) is 0.753. The smallest absolute Gasteiger partial charge is 0.162 e. The first-order valence-electron chi connectivity index (χ1n) is 5.81. The molecule has 1 aliphatic rings. The van der Waals surface area contributed by atoms with Crippen LogP contribution in [0.25, 0.3) is 5.69 Å². The van der Waals surface area contributed by atoms with E-state index < -0.39 is 0 Å². The maximum Gasteiger partial charge on any atom is 0.162 e. The SMILES string of the molecule is Cc1cccc2c1-n1c(C)nnc1C(C)(C)N2. The van der Waals surface area contributed by atoms with E-state index in [4.69, 9.17) is 0 Å². The van der Waals surface area contributed by atoms with Crippen LogP contribution >= 0.6 is 0 Å². The zero-order chi connectivity index (χ0) is 12.2. The van der Waals surface area contributed by atoms with Gasteiger partial charge in [0.05, 0.1) is 16.9 Å². The third-order valence-electron chi connectivity index (χ3n) is 3.29. The van der Waals surface area contributed by atoms with Gasteiger partial charge >= 0.3 is 0 Å². The first-order valence-corrected chi connectivity index (χ1v) is 5.81. The maximum atomic E-state index is 4.30. The molecule has 88 valence electrons. The Labute approximate surface area is 101 Å². The molecule has 0 spiro atoms. The molecule has 0 aliphatic carbocycles. The Morgan fingerprint density at radius 3 is 2.71 bits per heavy atom. The van der Waals surface area contributed by atoms with E-state index in [0.29, 0.717) is 0 Å². The van der Waals surface area contributed by atoms with E-state index in [1.807, 2.05) is 6.92 Å². The van der Waals surface area contributed by atoms with Crippen molar-refractivity contribution in [3.05, 3.63) is 35.4 Å². The summed E-state index contributed by atoms with van der Waals surface area (Å²) in [6, 6.07) is 6.29. The number of nitrogens with one attached hydrogen (secondary N) is 1. The van der Waals surface area contributed by atoms with Crippen LogP contribution in [-0.4, -0.2) is 14.8 Å². The van der Waals surface area contributed by atoms with E-state index >= 15 is 0 Å². The standard InChI is InChI=1S/C13H16N4/c1-8-6-5-7-10-11(8)17-9(2)15-16-12(17)13(3,4)14-10/h5-7,14H,1-4H3. The number of rotatable bonds is 0. The summed E-state index contributed by atoms with van der Waals surface area (Å²) >= 11 is 0. The lowest BCUT2D eigenvalue weighted by molar-refractivity contribution is 0.534. The van der Waals surface area contributed by atoms with Gasteiger partial charge in [-0.05, 0) is 39.3 Å². The van der Waals surface area contributed by atoms with Gasteiger partial charge in [-0.15, -0.1) is 10.2 Å². The van der Waals surface area contributed by atoms with Crippen molar-refractivity contribution in [2.75, 3.05) is 5.32 Å². The molecular formula is C13H16N4. The van der Waals surface area contributed by atoms with Crippen LogP contribution in [0.1, 0.15) is 31.1 Å². The Hall–Kier alpha value is -1.84. The largest absolute Gasteiger partial charge is 0.371 e. The van der Waals surface area contributed by atoms with E-state index in [1.165, 1.54) is 11.3 Å². The Bertz CT molecular complexity index is 595. The summed E-state index contributed by atoms with van der Waals surface area (Å²) in [5, 5.41) is 12.0. The Morgan fingerprint density at radius 2 is 1.94 bits per heavy atom. The van der Waals surface area contributed by atoms with Gasteiger partial charge in [0.1, 0.15) is 5.82 Å². The average Bonchev–Trinajstić information content (AvgIpc) is 2.61. The fourth-order valence-electron chi connectivity index (χ4n) is 2.48. The first-order chi connectivity index (χ1) is 8.00. The summed E-state index contributed by atoms with van der Waals surface area (Å²) in [4.78, 5) is 0. The highest BCUT2D eigenvalue weighted by Crippen LogP contribution is 2.37. The van der Waals surface area contributed by atoms with Crippen molar-refractivity contribution in [2.45, 2.75) is 33.2 Å². The lowest BCUT2D eigenvalue weighted by Crippen LogP contribution is -2.36. The number of aryl methyl sites for hydroxylation is 2. The molecule has 0 unspecified atom stereocenters. The average molecular weight is 228 g/mol. The van der Waals surface area contributed by atoms with Crippen LogP contribution in [0.3, 0.4) is 0 Å². The fourth-order valence-corrected chi connectivity index (χ4v) is 2.48. The number of benzene rings is 1. The fraction of sp³-hybridized carbons (Fsp3) is 0.385. The molecule has 1 aliphatic heterocycles. The molecule has 0 bridgehead atoms. The van der Waals surface area contributed by atoms with Crippen LogP contribution in [0.2, 0.25) is 0 Å². The second kappa shape index (κ2) is 3.09. The number of hydrogen-bond acceptors (Lipinski definition) is 3. The molecule has 0 saturated carbocycles. The van der Waals surface area contributed by atoms with E-state index in [-0.39, 0.29) is 5.54 Å². The molecule has 0 atom stereocenters. The highest BCUT2D eigenvalue weighted by molar-refractivity contribution is 5.69. The number of para-hydroxylation sites is 1. The number of anilines is 1. The van der Waals surface area contributed by atoms with Crippen molar-refractivity contribution in [1.82, 2.24) is 14.8 Å². The molecule has 0 amide bonds. The molecule has 2 heterocycles. The second-order valence-electron chi connectivity index (χ2n) is 5.13. The lowest BCUT2D eigenvalue weighted by Gasteiger charge is -2.34. The van der Waals surface area contributed by atoms with Crippen molar-refractivity contribution >= 4 is 5.69 Å². The second-order valence-corrected chi connectivity index (χ2v) is 5.13. The third kappa shape index (κ3) is 1.30. The van der Waals surface area contributed by atoms with Crippen LogP contribution in [-0.2, 0) is 5.54 Å². The molecule has 1 aromatic carbocycles. The first kappa shape index (κ1) is 10.3.